The van der Waals surface area contributed by atoms with E-state index >= 15 is 0 Å². The normalized spacial score (nSPS) is 28.7. The number of aromatic nitrogens is 2. The molecule has 5 N–H and O–H groups in total. The summed E-state index contributed by atoms with van der Waals surface area (Å²) in [5.74, 6) is 0.395. The van der Waals surface area contributed by atoms with Gasteiger partial charge in [0.15, 0.2) is 0 Å². The van der Waals surface area contributed by atoms with Crippen LogP contribution in [0.1, 0.15) is 62.2 Å². The SMILES string of the molecule is CCOC1CCC(Nc2nc(N[C@@H]3CC[C@@H](O)C3)ncc2C(N)=O)CC1. The topological polar surface area (TPSA) is 122 Å². The molecule has 1 heterocycles. The highest BCUT2D eigenvalue weighted by Gasteiger charge is 2.25. The number of amides is 1. The molecule has 0 saturated heterocycles. The van der Waals surface area contributed by atoms with Crippen molar-refractivity contribution in [2.24, 2.45) is 5.73 Å². The number of hydrogen-bond acceptors (Lipinski definition) is 7. The number of primary amides is 1. The highest BCUT2D eigenvalue weighted by Crippen LogP contribution is 2.26. The first-order valence-corrected chi connectivity index (χ1v) is 9.54. The molecular weight excluding hydrogens is 334 g/mol. The van der Waals surface area contributed by atoms with Crippen LogP contribution in [0, 0.1) is 0 Å². The van der Waals surface area contributed by atoms with Crippen molar-refractivity contribution < 1.29 is 14.6 Å². The number of nitrogens with two attached hydrogens (primary N) is 1. The van der Waals surface area contributed by atoms with Crippen molar-refractivity contribution in [1.29, 1.82) is 0 Å². The van der Waals surface area contributed by atoms with E-state index in [-0.39, 0.29) is 18.2 Å². The van der Waals surface area contributed by atoms with Gasteiger partial charge in [-0.1, -0.05) is 0 Å². The van der Waals surface area contributed by atoms with Gasteiger partial charge in [0.25, 0.3) is 5.91 Å². The van der Waals surface area contributed by atoms with Crippen molar-refractivity contribution >= 4 is 17.7 Å². The van der Waals surface area contributed by atoms with Gasteiger partial charge in [0.1, 0.15) is 5.82 Å². The van der Waals surface area contributed by atoms with Crippen molar-refractivity contribution in [2.75, 3.05) is 17.2 Å². The molecule has 2 aliphatic rings. The summed E-state index contributed by atoms with van der Waals surface area (Å²) in [5.41, 5.74) is 5.78. The number of nitrogens with one attached hydrogen (secondary N) is 2. The van der Waals surface area contributed by atoms with Crippen LogP contribution in [0.4, 0.5) is 11.8 Å². The lowest BCUT2D eigenvalue weighted by Gasteiger charge is -2.29. The summed E-state index contributed by atoms with van der Waals surface area (Å²) in [4.78, 5) is 20.4. The number of anilines is 2. The number of carbonyl (C=O) groups excluding carboxylic acids is 1. The van der Waals surface area contributed by atoms with Crippen LogP contribution in [0.15, 0.2) is 6.20 Å². The molecule has 0 radical (unpaired) electrons. The van der Waals surface area contributed by atoms with Crippen LogP contribution in [-0.2, 0) is 4.74 Å². The predicted octanol–water partition coefficient (Wildman–Crippen LogP) is 1.66. The van der Waals surface area contributed by atoms with Gasteiger partial charge in [-0.05, 0) is 51.9 Å². The summed E-state index contributed by atoms with van der Waals surface area (Å²) in [6.45, 7) is 2.76. The second-order valence-corrected chi connectivity index (χ2v) is 7.20. The van der Waals surface area contributed by atoms with E-state index in [2.05, 4.69) is 20.6 Å². The number of rotatable bonds is 7. The molecule has 8 nitrogen and oxygen atoms in total. The maximum atomic E-state index is 11.7. The number of aliphatic hydroxyl groups excluding tert-OH is 1. The molecular formula is C18H29N5O3. The van der Waals surface area contributed by atoms with E-state index in [1.54, 1.807) is 0 Å². The monoisotopic (exact) mass is 363 g/mol. The average molecular weight is 363 g/mol. The molecule has 0 aliphatic heterocycles. The van der Waals surface area contributed by atoms with Crippen LogP contribution < -0.4 is 16.4 Å². The van der Waals surface area contributed by atoms with Crippen LogP contribution in [0.3, 0.4) is 0 Å². The molecule has 3 rings (SSSR count). The van der Waals surface area contributed by atoms with Gasteiger partial charge in [0, 0.05) is 24.9 Å². The molecule has 1 amide bonds. The lowest BCUT2D eigenvalue weighted by atomic mass is 9.93. The van der Waals surface area contributed by atoms with Crippen LogP contribution in [0.25, 0.3) is 0 Å². The molecule has 2 atom stereocenters. The average Bonchev–Trinajstić information content (AvgIpc) is 3.02. The molecule has 144 valence electrons. The van der Waals surface area contributed by atoms with Gasteiger partial charge in [-0.25, -0.2) is 4.98 Å². The first-order chi connectivity index (χ1) is 12.5. The summed E-state index contributed by atoms with van der Waals surface area (Å²) in [7, 11) is 0. The van der Waals surface area contributed by atoms with Crippen molar-refractivity contribution in [2.45, 2.75) is 76.2 Å². The number of aliphatic hydroxyl groups is 1. The minimum absolute atomic E-state index is 0.152. The molecule has 0 spiro atoms. The Kier molecular flexibility index (Phi) is 6.26. The summed E-state index contributed by atoms with van der Waals surface area (Å²) in [6, 6.07) is 0.389. The Morgan fingerprint density at radius 2 is 1.96 bits per heavy atom. The first kappa shape index (κ1) is 18.8. The minimum Gasteiger partial charge on any atom is -0.393 e. The smallest absolute Gasteiger partial charge is 0.254 e. The van der Waals surface area contributed by atoms with Gasteiger partial charge in [-0.15, -0.1) is 0 Å². The third kappa shape index (κ3) is 4.82. The first-order valence-electron chi connectivity index (χ1n) is 9.54. The summed E-state index contributed by atoms with van der Waals surface area (Å²) < 4.78 is 5.69. The maximum absolute atomic E-state index is 11.7. The van der Waals surface area contributed by atoms with E-state index in [4.69, 9.17) is 10.5 Å². The zero-order valence-electron chi connectivity index (χ0n) is 15.3. The van der Waals surface area contributed by atoms with Gasteiger partial charge >= 0.3 is 0 Å². The van der Waals surface area contributed by atoms with Crippen LogP contribution in [0.2, 0.25) is 0 Å². The maximum Gasteiger partial charge on any atom is 0.254 e. The van der Waals surface area contributed by atoms with E-state index in [1.807, 2.05) is 6.92 Å². The Balaban J connectivity index is 1.66. The molecule has 8 heteroatoms. The zero-order chi connectivity index (χ0) is 18.5. The Morgan fingerprint density at radius 3 is 2.58 bits per heavy atom. The largest absolute Gasteiger partial charge is 0.393 e. The predicted molar refractivity (Wildman–Crippen MR) is 99.1 cm³/mol. The Labute approximate surface area is 153 Å². The van der Waals surface area contributed by atoms with Crippen molar-refractivity contribution in [3.05, 3.63) is 11.8 Å². The van der Waals surface area contributed by atoms with E-state index < -0.39 is 5.91 Å². The van der Waals surface area contributed by atoms with Crippen LogP contribution in [-0.4, -0.2) is 51.9 Å². The molecule has 0 aromatic carbocycles. The van der Waals surface area contributed by atoms with E-state index in [0.29, 0.717) is 29.9 Å². The molecule has 1 aromatic heterocycles. The highest BCUT2D eigenvalue weighted by atomic mass is 16.5. The molecule has 1 aromatic rings. The Morgan fingerprint density at radius 1 is 1.23 bits per heavy atom. The third-order valence-corrected chi connectivity index (χ3v) is 5.21. The molecule has 0 unspecified atom stereocenters. The molecule has 2 saturated carbocycles. The molecule has 0 bridgehead atoms. The number of carbonyl (C=O) groups is 1. The molecule has 26 heavy (non-hydrogen) atoms. The fourth-order valence-electron chi connectivity index (χ4n) is 3.82. The van der Waals surface area contributed by atoms with E-state index in [9.17, 15) is 9.90 Å². The van der Waals surface area contributed by atoms with Crippen LogP contribution in [0.5, 0.6) is 0 Å². The highest BCUT2D eigenvalue weighted by molar-refractivity contribution is 5.97. The molecule has 2 aliphatic carbocycles. The quantitative estimate of drug-likeness (QED) is 0.581. The number of hydrogen-bond donors (Lipinski definition) is 4. The third-order valence-electron chi connectivity index (χ3n) is 5.21. The van der Waals surface area contributed by atoms with Crippen molar-refractivity contribution in [1.82, 2.24) is 9.97 Å². The zero-order valence-corrected chi connectivity index (χ0v) is 15.3. The Hall–Kier alpha value is -1.93. The van der Waals surface area contributed by atoms with E-state index in [1.165, 1.54) is 6.20 Å². The second-order valence-electron chi connectivity index (χ2n) is 7.20. The lowest BCUT2D eigenvalue weighted by molar-refractivity contribution is 0.0346. The van der Waals surface area contributed by atoms with Gasteiger partial charge in [0.05, 0.1) is 17.8 Å². The Bertz CT molecular complexity index is 619. The van der Waals surface area contributed by atoms with Crippen molar-refractivity contribution in [3.63, 3.8) is 0 Å². The summed E-state index contributed by atoms with van der Waals surface area (Å²) >= 11 is 0. The van der Waals surface area contributed by atoms with Gasteiger partial charge in [-0.3, -0.25) is 4.79 Å². The van der Waals surface area contributed by atoms with Crippen molar-refractivity contribution in [3.8, 4) is 0 Å². The van der Waals surface area contributed by atoms with Gasteiger partial charge in [-0.2, -0.15) is 4.98 Å². The van der Waals surface area contributed by atoms with Crippen LogP contribution >= 0.6 is 0 Å². The fraction of sp³-hybridized carbons (Fsp3) is 0.722. The standard InChI is InChI=1S/C18H29N5O3/c1-2-26-14-7-4-11(5-8-14)21-17-15(16(19)25)10-20-18(23-17)22-12-3-6-13(24)9-12/h10-14,24H,2-9H2,1H3,(H2,19,25)(H2,20,21,22,23)/t11?,12-,13-,14?/m1/s1. The fourth-order valence-corrected chi connectivity index (χ4v) is 3.82. The molecule has 2 fully saturated rings. The minimum atomic E-state index is -0.543. The summed E-state index contributed by atoms with van der Waals surface area (Å²) in [5, 5.41) is 16.3. The van der Waals surface area contributed by atoms with Gasteiger partial charge < -0.3 is 26.2 Å². The number of nitrogens with zero attached hydrogens (tertiary/aromatic N) is 2. The second kappa shape index (κ2) is 8.64. The number of ether oxygens (including phenoxy) is 1. The summed E-state index contributed by atoms with van der Waals surface area (Å²) in [6.07, 6.45) is 7.79. The van der Waals surface area contributed by atoms with Gasteiger partial charge in [0.2, 0.25) is 5.95 Å². The van der Waals surface area contributed by atoms with E-state index in [0.717, 1.165) is 45.1 Å². The lowest BCUT2D eigenvalue weighted by Crippen LogP contribution is -2.31.